The van der Waals surface area contributed by atoms with Crippen molar-refractivity contribution in [1.29, 1.82) is 0 Å². The van der Waals surface area contributed by atoms with Gasteiger partial charge in [-0.15, -0.1) is 11.8 Å². The van der Waals surface area contributed by atoms with Crippen LogP contribution in [0.5, 0.6) is 0 Å². The van der Waals surface area contributed by atoms with Crippen molar-refractivity contribution in [2.24, 2.45) is 5.73 Å². The molecule has 102 valence electrons. The van der Waals surface area contributed by atoms with E-state index >= 15 is 0 Å². The van der Waals surface area contributed by atoms with Crippen molar-refractivity contribution in [3.05, 3.63) is 23.4 Å². The lowest BCUT2D eigenvalue weighted by atomic mass is 10.0. The normalized spacial score (nSPS) is 26.2. The van der Waals surface area contributed by atoms with E-state index in [4.69, 9.17) is 5.73 Å². The average molecular weight is 284 g/mol. The van der Waals surface area contributed by atoms with E-state index in [1.807, 2.05) is 0 Å². The number of nitrogens with two attached hydrogens (primary N) is 1. The summed E-state index contributed by atoms with van der Waals surface area (Å²) in [5.74, 6) is -1.10. The molecule has 1 fully saturated rings. The highest BCUT2D eigenvalue weighted by molar-refractivity contribution is 8.00. The standard InChI is InChI=1S/C11H12N2O5S/c12-7-9(15)13-8(11(16)17)6(4-19-10(7)13)2-1-3-18-5-14/h1-2,5,7,10H,3-4,12H2,(H,16,17)/b2-1+/t7?,10-/m1/s1. The van der Waals surface area contributed by atoms with Crippen LogP contribution in [-0.4, -0.2) is 52.1 Å². The number of allylic oxidation sites excluding steroid dienone is 1. The Hall–Kier alpha value is -1.80. The van der Waals surface area contributed by atoms with Crippen molar-refractivity contribution in [1.82, 2.24) is 4.90 Å². The first-order valence-corrected chi connectivity index (χ1v) is 6.51. The second kappa shape index (κ2) is 5.45. The number of thioether (sulfide) groups is 1. The minimum atomic E-state index is -1.17. The number of aliphatic carboxylic acids is 1. The molecular weight excluding hydrogens is 272 g/mol. The number of carboxylic acid groups (broad SMARTS) is 1. The van der Waals surface area contributed by atoms with E-state index in [1.54, 1.807) is 6.08 Å². The number of hydrogen-bond acceptors (Lipinski definition) is 6. The monoisotopic (exact) mass is 284 g/mol. The Bertz CT molecular complexity index is 487. The summed E-state index contributed by atoms with van der Waals surface area (Å²) in [5.41, 5.74) is 6.08. The smallest absolute Gasteiger partial charge is 0.352 e. The molecule has 1 unspecified atom stereocenters. The highest BCUT2D eigenvalue weighted by atomic mass is 32.2. The number of ether oxygens (including phenoxy) is 1. The zero-order chi connectivity index (χ0) is 14.0. The van der Waals surface area contributed by atoms with Gasteiger partial charge in [0.05, 0.1) is 0 Å². The summed E-state index contributed by atoms with van der Waals surface area (Å²) in [4.78, 5) is 34.1. The molecule has 1 saturated heterocycles. The van der Waals surface area contributed by atoms with Gasteiger partial charge in [0, 0.05) is 5.75 Å². The Morgan fingerprint density at radius 1 is 1.63 bits per heavy atom. The maximum absolute atomic E-state index is 11.6. The van der Waals surface area contributed by atoms with Crippen molar-refractivity contribution in [3.8, 4) is 0 Å². The van der Waals surface area contributed by atoms with Crippen LogP contribution in [0, 0.1) is 0 Å². The lowest BCUT2D eigenvalue weighted by Gasteiger charge is -2.47. The summed E-state index contributed by atoms with van der Waals surface area (Å²) < 4.78 is 4.48. The predicted octanol–water partition coefficient (Wildman–Crippen LogP) is -0.703. The number of fused-ring (bicyclic) bond motifs is 1. The molecule has 0 saturated carbocycles. The molecule has 7 nitrogen and oxygen atoms in total. The Kier molecular flexibility index (Phi) is 3.91. The third-order valence-electron chi connectivity index (χ3n) is 2.82. The largest absolute Gasteiger partial charge is 0.477 e. The van der Waals surface area contributed by atoms with E-state index < -0.39 is 12.0 Å². The molecule has 0 aliphatic carbocycles. The van der Waals surface area contributed by atoms with Crippen LogP contribution >= 0.6 is 11.8 Å². The van der Waals surface area contributed by atoms with Crippen LogP contribution in [-0.2, 0) is 19.1 Å². The lowest BCUT2D eigenvalue weighted by Crippen LogP contribution is -2.68. The minimum absolute atomic E-state index is 0.0437. The van der Waals surface area contributed by atoms with Crippen LogP contribution in [0.2, 0.25) is 0 Å². The first-order chi connectivity index (χ1) is 9.07. The Morgan fingerprint density at radius 2 is 2.37 bits per heavy atom. The van der Waals surface area contributed by atoms with Gasteiger partial charge in [-0.1, -0.05) is 6.08 Å². The molecule has 2 heterocycles. The van der Waals surface area contributed by atoms with E-state index in [0.717, 1.165) is 0 Å². The Balaban J connectivity index is 2.23. The minimum Gasteiger partial charge on any atom is -0.477 e. The average Bonchev–Trinajstić information content (AvgIpc) is 2.41. The first-order valence-electron chi connectivity index (χ1n) is 5.46. The summed E-state index contributed by atoms with van der Waals surface area (Å²) in [7, 11) is 0. The number of amides is 1. The summed E-state index contributed by atoms with van der Waals surface area (Å²) in [6, 6.07) is -0.636. The zero-order valence-corrected chi connectivity index (χ0v) is 10.6. The van der Waals surface area contributed by atoms with Gasteiger partial charge < -0.3 is 15.6 Å². The third-order valence-corrected chi connectivity index (χ3v) is 4.14. The first kappa shape index (κ1) is 13.6. The van der Waals surface area contributed by atoms with Gasteiger partial charge in [-0.25, -0.2) is 4.79 Å². The molecular formula is C11H12N2O5S. The maximum Gasteiger partial charge on any atom is 0.352 e. The summed E-state index contributed by atoms with van der Waals surface area (Å²) in [6.45, 7) is 0.363. The summed E-state index contributed by atoms with van der Waals surface area (Å²) in [6.07, 6.45) is 3.07. The van der Waals surface area contributed by atoms with E-state index in [2.05, 4.69) is 4.74 Å². The number of rotatable bonds is 5. The van der Waals surface area contributed by atoms with Crippen LogP contribution in [0.4, 0.5) is 0 Å². The quantitative estimate of drug-likeness (QED) is 0.390. The van der Waals surface area contributed by atoms with Gasteiger partial charge >= 0.3 is 5.97 Å². The Labute approximate surface area is 113 Å². The second-order valence-corrected chi connectivity index (χ2v) is 5.05. The van der Waals surface area contributed by atoms with Crippen molar-refractivity contribution in [2.45, 2.75) is 11.4 Å². The maximum atomic E-state index is 11.6. The van der Waals surface area contributed by atoms with Gasteiger partial charge in [0.1, 0.15) is 23.7 Å². The van der Waals surface area contributed by atoms with Crippen LogP contribution < -0.4 is 5.73 Å². The van der Waals surface area contributed by atoms with Crippen LogP contribution in [0.15, 0.2) is 23.4 Å². The van der Waals surface area contributed by atoms with E-state index in [1.165, 1.54) is 22.7 Å². The van der Waals surface area contributed by atoms with Crippen molar-refractivity contribution in [3.63, 3.8) is 0 Å². The predicted molar refractivity (Wildman–Crippen MR) is 66.9 cm³/mol. The summed E-state index contributed by atoms with van der Waals surface area (Å²) in [5, 5.41) is 8.91. The molecule has 19 heavy (non-hydrogen) atoms. The third kappa shape index (κ3) is 2.36. The fraction of sp³-hybridized carbons (Fsp3) is 0.364. The zero-order valence-electron chi connectivity index (χ0n) is 9.81. The number of carbonyl (C=O) groups is 3. The van der Waals surface area contributed by atoms with Gasteiger partial charge in [0.2, 0.25) is 5.91 Å². The van der Waals surface area contributed by atoms with Gasteiger partial charge in [0.15, 0.2) is 0 Å². The highest BCUT2D eigenvalue weighted by Crippen LogP contribution is 2.39. The second-order valence-electron chi connectivity index (χ2n) is 3.95. The van der Waals surface area contributed by atoms with E-state index in [-0.39, 0.29) is 23.6 Å². The van der Waals surface area contributed by atoms with Crippen LogP contribution in [0.25, 0.3) is 0 Å². The molecule has 0 radical (unpaired) electrons. The van der Waals surface area contributed by atoms with Crippen molar-refractivity contribution in [2.75, 3.05) is 12.4 Å². The molecule has 8 heteroatoms. The molecule has 2 rings (SSSR count). The van der Waals surface area contributed by atoms with E-state index in [0.29, 0.717) is 17.8 Å². The molecule has 2 aliphatic heterocycles. The van der Waals surface area contributed by atoms with Crippen molar-refractivity contribution >= 4 is 30.1 Å². The molecule has 0 bridgehead atoms. The highest BCUT2D eigenvalue weighted by Gasteiger charge is 2.51. The van der Waals surface area contributed by atoms with Gasteiger partial charge in [0.25, 0.3) is 6.47 Å². The van der Waals surface area contributed by atoms with E-state index in [9.17, 15) is 19.5 Å². The fourth-order valence-electron chi connectivity index (χ4n) is 1.95. The van der Waals surface area contributed by atoms with Crippen molar-refractivity contribution < 1.29 is 24.2 Å². The van der Waals surface area contributed by atoms with Gasteiger partial charge in [-0.3, -0.25) is 14.5 Å². The fourth-order valence-corrected chi connectivity index (χ4v) is 3.22. The summed E-state index contributed by atoms with van der Waals surface area (Å²) >= 11 is 1.42. The number of nitrogens with zero attached hydrogens (tertiary/aromatic N) is 1. The molecule has 0 aromatic heterocycles. The number of carboxylic acids is 1. The number of hydrogen-bond donors (Lipinski definition) is 2. The molecule has 0 spiro atoms. The number of β-lactam (4-membered cyclic amide) rings is 1. The molecule has 0 aromatic carbocycles. The van der Waals surface area contributed by atoms with Gasteiger partial charge in [-0.05, 0) is 11.6 Å². The molecule has 1 amide bonds. The van der Waals surface area contributed by atoms with Crippen LogP contribution in [0.3, 0.4) is 0 Å². The topological polar surface area (TPSA) is 110 Å². The molecule has 0 aromatic rings. The Morgan fingerprint density at radius 3 is 3.00 bits per heavy atom. The SMILES string of the molecule is NC1C(=O)N2C(C(=O)O)=C(/C=C/COC=O)CS[C@H]12. The number of carbonyl (C=O) groups excluding carboxylic acids is 2. The lowest BCUT2D eigenvalue weighted by molar-refractivity contribution is -0.147. The molecule has 3 N–H and O–H groups in total. The molecule has 2 atom stereocenters. The van der Waals surface area contributed by atoms with Gasteiger partial charge in [-0.2, -0.15) is 0 Å². The molecule has 2 aliphatic rings. The van der Waals surface area contributed by atoms with Crippen LogP contribution in [0.1, 0.15) is 0 Å².